The van der Waals surface area contributed by atoms with Crippen molar-refractivity contribution in [2.75, 3.05) is 40.8 Å². The van der Waals surface area contributed by atoms with Gasteiger partial charge in [0.2, 0.25) is 5.91 Å². The molecule has 0 atom stereocenters. The third-order valence-corrected chi connectivity index (χ3v) is 5.62. The van der Waals surface area contributed by atoms with E-state index < -0.39 is 0 Å². The van der Waals surface area contributed by atoms with E-state index in [-0.39, 0.29) is 23.7 Å². The van der Waals surface area contributed by atoms with Crippen molar-refractivity contribution < 1.29 is 13.9 Å². The second-order valence-corrected chi connectivity index (χ2v) is 8.12. The van der Waals surface area contributed by atoms with E-state index in [1.165, 1.54) is 16.5 Å². The minimum Gasteiger partial charge on any atom is -0.497 e. The molecule has 0 spiro atoms. The maximum absolute atomic E-state index is 13.7. The van der Waals surface area contributed by atoms with E-state index in [2.05, 4.69) is 15.6 Å². The first kappa shape index (κ1) is 22.6. The molecule has 1 fully saturated rings. The summed E-state index contributed by atoms with van der Waals surface area (Å²) in [5.41, 5.74) is 2.10. The first-order valence-electron chi connectivity index (χ1n) is 10.5. The Hall–Kier alpha value is -3.09. The molecule has 0 bridgehead atoms. The van der Waals surface area contributed by atoms with E-state index >= 15 is 0 Å². The summed E-state index contributed by atoms with van der Waals surface area (Å²) in [4.78, 5) is 18.0. The zero-order valence-electron chi connectivity index (χ0n) is 18.5. The summed E-state index contributed by atoms with van der Waals surface area (Å²) in [6, 6.07) is 14.7. The number of hydrogen-bond acceptors (Lipinski definition) is 3. The van der Waals surface area contributed by atoms with Crippen molar-refractivity contribution in [3.63, 3.8) is 0 Å². The molecule has 7 heteroatoms. The van der Waals surface area contributed by atoms with E-state index in [9.17, 15) is 9.18 Å². The number of likely N-dealkylation sites (N-methyl/N-ethyl adjacent to an activating group) is 1. The Morgan fingerprint density at radius 2 is 1.90 bits per heavy atom. The summed E-state index contributed by atoms with van der Waals surface area (Å²) in [7, 11) is 5.08. The molecule has 1 saturated carbocycles. The van der Waals surface area contributed by atoms with Gasteiger partial charge in [0.05, 0.1) is 7.11 Å². The number of benzene rings is 2. The predicted octanol–water partition coefficient (Wildman–Crippen LogP) is 2.73. The first-order chi connectivity index (χ1) is 14.9. The molecule has 2 aromatic rings. The van der Waals surface area contributed by atoms with Gasteiger partial charge in [0.1, 0.15) is 18.1 Å². The van der Waals surface area contributed by atoms with E-state index in [0.717, 1.165) is 30.6 Å². The fourth-order valence-corrected chi connectivity index (χ4v) is 3.37. The number of aliphatic imine (C=N–C) groups is 1. The number of nitrogens with one attached hydrogen (secondary N) is 2. The molecule has 1 amide bonds. The highest BCUT2D eigenvalue weighted by atomic mass is 19.1. The number of nitrogens with zero attached hydrogens (tertiary/aromatic N) is 2. The van der Waals surface area contributed by atoms with Gasteiger partial charge >= 0.3 is 0 Å². The number of amides is 1. The van der Waals surface area contributed by atoms with Gasteiger partial charge in [0.25, 0.3) is 0 Å². The van der Waals surface area contributed by atoms with Gasteiger partial charge in [-0.25, -0.2) is 9.38 Å². The van der Waals surface area contributed by atoms with Crippen LogP contribution in [0.2, 0.25) is 0 Å². The zero-order valence-corrected chi connectivity index (χ0v) is 18.5. The van der Waals surface area contributed by atoms with E-state index in [0.29, 0.717) is 19.0 Å². The summed E-state index contributed by atoms with van der Waals surface area (Å²) in [5.74, 6) is 1.13. The number of carbonyl (C=O) groups excluding carboxylic acids is 1. The lowest BCUT2D eigenvalue weighted by molar-refractivity contribution is -0.127. The number of halogens is 1. The van der Waals surface area contributed by atoms with Crippen LogP contribution in [0.5, 0.6) is 5.75 Å². The summed E-state index contributed by atoms with van der Waals surface area (Å²) >= 11 is 0. The Balaban J connectivity index is 1.60. The quantitative estimate of drug-likeness (QED) is 0.478. The molecular formula is C24H31FN4O2. The van der Waals surface area contributed by atoms with Gasteiger partial charge in [0, 0.05) is 32.6 Å². The largest absolute Gasteiger partial charge is 0.497 e. The van der Waals surface area contributed by atoms with Crippen LogP contribution in [-0.2, 0) is 16.6 Å². The van der Waals surface area contributed by atoms with Crippen molar-refractivity contribution in [2.24, 2.45) is 4.99 Å². The zero-order chi connectivity index (χ0) is 22.3. The summed E-state index contributed by atoms with van der Waals surface area (Å²) < 4.78 is 18.9. The van der Waals surface area contributed by atoms with E-state index in [4.69, 9.17) is 4.74 Å². The van der Waals surface area contributed by atoms with Crippen LogP contribution in [-0.4, -0.2) is 57.6 Å². The Labute approximate surface area is 183 Å². The molecule has 0 unspecified atom stereocenters. The number of ether oxygens (including phenoxy) is 1. The van der Waals surface area contributed by atoms with Crippen LogP contribution in [0.3, 0.4) is 0 Å². The highest BCUT2D eigenvalue weighted by Crippen LogP contribution is 2.47. The summed E-state index contributed by atoms with van der Waals surface area (Å²) in [5, 5.41) is 6.68. The van der Waals surface area contributed by atoms with Crippen LogP contribution < -0.4 is 15.4 Å². The van der Waals surface area contributed by atoms with Crippen LogP contribution in [0, 0.1) is 5.82 Å². The maximum Gasteiger partial charge on any atom is 0.243 e. The molecule has 0 saturated heterocycles. The molecule has 1 aliphatic carbocycles. The smallest absolute Gasteiger partial charge is 0.243 e. The molecule has 31 heavy (non-hydrogen) atoms. The van der Waals surface area contributed by atoms with Gasteiger partial charge in [-0.15, -0.1) is 0 Å². The number of carbonyl (C=O) groups is 1. The van der Waals surface area contributed by atoms with Crippen molar-refractivity contribution >= 4 is 11.9 Å². The fourth-order valence-electron chi connectivity index (χ4n) is 3.37. The molecule has 3 rings (SSSR count). The molecule has 6 nitrogen and oxygen atoms in total. The van der Waals surface area contributed by atoms with Crippen molar-refractivity contribution in [2.45, 2.75) is 24.7 Å². The topological polar surface area (TPSA) is 66.0 Å². The van der Waals surface area contributed by atoms with Gasteiger partial charge in [-0.2, -0.15) is 0 Å². The molecule has 2 N–H and O–H groups in total. The van der Waals surface area contributed by atoms with Crippen molar-refractivity contribution in [3.8, 4) is 5.75 Å². The molecule has 1 aliphatic rings. The standard InChI is InChI=1S/C24H31FN4O2/c1-29(2)22(30)16-27-23(26-14-11-18-7-9-21(31-3)10-8-18)28-17-24(12-13-24)19-5-4-6-20(25)15-19/h4-10,15H,11-14,16-17H2,1-3H3,(H2,26,27,28). The molecule has 0 radical (unpaired) electrons. The van der Waals surface area contributed by atoms with E-state index in [1.807, 2.05) is 30.3 Å². The van der Waals surface area contributed by atoms with E-state index in [1.54, 1.807) is 33.3 Å². The lowest BCUT2D eigenvalue weighted by Gasteiger charge is -2.20. The third-order valence-electron chi connectivity index (χ3n) is 5.62. The highest BCUT2D eigenvalue weighted by molar-refractivity contribution is 5.84. The Morgan fingerprint density at radius 3 is 2.52 bits per heavy atom. The van der Waals surface area contributed by atoms with Gasteiger partial charge in [0.15, 0.2) is 5.96 Å². The average Bonchev–Trinajstić information content (AvgIpc) is 3.56. The lowest BCUT2D eigenvalue weighted by Crippen LogP contribution is -2.42. The predicted molar refractivity (Wildman–Crippen MR) is 121 cm³/mol. The second kappa shape index (κ2) is 10.3. The lowest BCUT2D eigenvalue weighted by atomic mass is 9.96. The first-order valence-corrected chi connectivity index (χ1v) is 10.5. The highest BCUT2D eigenvalue weighted by Gasteiger charge is 2.44. The minimum atomic E-state index is -0.216. The second-order valence-electron chi connectivity index (χ2n) is 8.12. The SMILES string of the molecule is COc1ccc(CCNC(=NCC(=O)N(C)C)NCC2(c3cccc(F)c3)CC2)cc1. The van der Waals surface area contributed by atoms with Crippen LogP contribution in [0.15, 0.2) is 53.5 Å². The normalized spacial score (nSPS) is 14.6. The Kier molecular flexibility index (Phi) is 7.50. The van der Waals surface area contributed by atoms with Crippen LogP contribution in [0.1, 0.15) is 24.0 Å². The Bertz CT molecular complexity index is 908. The number of methoxy groups -OCH3 is 1. The fraction of sp³-hybridized carbons (Fsp3) is 0.417. The summed E-state index contributed by atoms with van der Waals surface area (Å²) in [6.45, 7) is 1.38. The number of rotatable bonds is 9. The van der Waals surface area contributed by atoms with Gasteiger partial charge in [-0.05, 0) is 54.7 Å². The molecule has 0 aromatic heterocycles. The molecule has 0 aliphatic heterocycles. The van der Waals surface area contributed by atoms with Gasteiger partial charge < -0.3 is 20.3 Å². The number of hydrogen-bond donors (Lipinski definition) is 2. The van der Waals surface area contributed by atoms with Crippen LogP contribution in [0.4, 0.5) is 4.39 Å². The van der Waals surface area contributed by atoms with Gasteiger partial charge in [-0.1, -0.05) is 24.3 Å². The van der Waals surface area contributed by atoms with Crippen molar-refractivity contribution in [3.05, 3.63) is 65.5 Å². The summed E-state index contributed by atoms with van der Waals surface area (Å²) in [6.07, 6.45) is 2.81. The molecule has 2 aromatic carbocycles. The number of guanidine groups is 1. The van der Waals surface area contributed by atoms with Gasteiger partial charge in [-0.3, -0.25) is 4.79 Å². The Morgan fingerprint density at radius 1 is 1.16 bits per heavy atom. The molecule has 0 heterocycles. The maximum atomic E-state index is 13.7. The monoisotopic (exact) mass is 426 g/mol. The van der Waals surface area contributed by atoms with Crippen molar-refractivity contribution in [1.82, 2.24) is 15.5 Å². The minimum absolute atomic E-state index is 0.0671. The van der Waals surface area contributed by atoms with Crippen LogP contribution >= 0.6 is 0 Å². The van der Waals surface area contributed by atoms with Crippen molar-refractivity contribution in [1.29, 1.82) is 0 Å². The molecule has 166 valence electrons. The average molecular weight is 427 g/mol. The third kappa shape index (κ3) is 6.44. The molecular weight excluding hydrogens is 395 g/mol. The van der Waals surface area contributed by atoms with Crippen LogP contribution in [0.25, 0.3) is 0 Å².